The van der Waals surface area contributed by atoms with Crippen LogP contribution in [0.4, 0.5) is 0 Å². The average molecular weight is 268 g/mol. The highest BCUT2D eigenvalue weighted by Gasteiger charge is 2.25. The molecule has 20 heavy (non-hydrogen) atoms. The van der Waals surface area contributed by atoms with Crippen LogP contribution in [-0.2, 0) is 0 Å². The molecular weight excluding hydrogens is 252 g/mol. The van der Waals surface area contributed by atoms with Crippen molar-refractivity contribution >= 4 is 5.91 Å². The third kappa shape index (κ3) is 2.67. The van der Waals surface area contributed by atoms with Crippen LogP contribution in [0.2, 0.25) is 0 Å². The number of rotatable bonds is 3. The molecule has 0 saturated carbocycles. The van der Waals surface area contributed by atoms with E-state index in [1.807, 2.05) is 31.3 Å². The van der Waals surface area contributed by atoms with Crippen molar-refractivity contribution in [2.24, 2.45) is 0 Å². The minimum Gasteiger partial charge on any atom is -0.345 e. The van der Waals surface area contributed by atoms with Gasteiger partial charge in [-0.1, -0.05) is 6.07 Å². The minimum absolute atomic E-state index is 0.117. The highest BCUT2D eigenvalue weighted by atomic mass is 16.2. The second-order valence-electron chi connectivity index (χ2n) is 5.04. The summed E-state index contributed by atoms with van der Waals surface area (Å²) >= 11 is 0. The van der Waals surface area contributed by atoms with Crippen molar-refractivity contribution < 1.29 is 4.79 Å². The van der Waals surface area contributed by atoms with Crippen molar-refractivity contribution in [1.29, 1.82) is 0 Å². The van der Waals surface area contributed by atoms with Gasteiger partial charge < -0.3 is 10.2 Å². The summed E-state index contributed by atoms with van der Waals surface area (Å²) in [5, 5.41) is 2.98. The van der Waals surface area contributed by atoms with E-state index in [-0.39, 0.29) is 11.9 Å². The minimum atomic E-state index is -0.117. The molecule has 1 saturated heterocycles. The Hall–Kier alpha value is -2.27. The Morgan fingerprint density at radius 1 is 1.30 bits per heavy atom. The number of hydrogen-bond donors (Lipinski definition) is 1. The number of nitrogens with zero attached hydrogens (tertiary/aromatic N) is 3. The van der Waals surface area contributed by atoms with Gasteiger partial charge in [0.2, 0.25) is 0 Å². The summed E-state index contributed by atoms with van der Waals surface area (Å²) < 4.78 is 0. The van der Waals surface area contributed by atoms with Crippen molar-refractivity contribution in [3.05, 3.63) is 48.4 Å². The number of amides is 1. The van der Waals surface area contributed by atoms with Gasteiger partial charge in [0.05, 0.1) is 11.7 Å². The third-order valence-corrected chi connectivity index (χ3v) is 3.34. The zero-order chi connectivity index (χ0) is 13.9. The molecule has 0 atom stereocenters. The molecule has 2 aromatic heterocycles. The van der Waals surface area contributed by atoms with Crippen LogP contribution in [0, 0.1) is 0 Å². The molecule has 2 aromatic rings. The fourth-order valence-electron chi connectivity index (χ4n) is 2.29. The molecule has 102 valence electrons. The number of carbonyl (C=O) groups is 1. The lowest BCUT2D eigenvalue weighted by Crippen LogP contribution is -2.57. The van der Waals surface area contributed by atoms with E-state index in [0.717, 1.165) is 24.3 Å². The van der Waals surface area contributed by atoms with Crippen LogP contribution in [0.15, 0.2) is 42.7 Å². The van der Waals surface area contributed by atoms with Gasteiger partial charge in [-0.25, -0.2) is 4.98 Å². The van der Waals surface area contributed by atoms with E-state index in [1.54, 1.807) is 18.5 Å². The van der Waals surface area contributed by atoms with Crippen LogP contribution in [0.25, 0.3) is 11.3 Å². The summed E-state index contributed by atoms with van der Waals surface area (Å²) in [7, 11) is 2.03. The Morgan fingerprint density at radius 3 is 2.85 bits per heavy atom. The first-order valence-electron chi connectivity index (χ1n) is 6.59. The van der Waals surface area contributed by atoms with Gasteiger partial charge >= 0.3 is 0 Å². The maximum Gasteiger partial charge on any atom is 0.270 e. The van der Waals surface area contributed by atoms with Crippen molar-refractivity contribution in [2.75, 3.05) is 20.1 Å². The Kier molecular flexibility index (Phi) is 3.43. The maximum atomic E-state index is 12.1. The first kappa shape index (κ1) is 12.7. The lowest BCUT2D eigenvalue weighted by molar-refractivity contribution is 0.0853. The van der Waals surface area contributed by atoms with Crippen LogP contribution in [-0.4, -0.2) is 47.0 Å². The number of likely N-dealkylation sites (tertiary alicyclic amines) is 1. The second-order valence-corrected chi connectivity index (χ2v) is 5.04. The summed E-state index contributed by atoms with van der Waals surface area (Å²) in [6.45, 7) is 1.79. The van der Waals surface area contributed by atoms with E-state index in [4.69, 9.17) is 0 Å². The van der Waals surface area contributed by atoms with Crippen molar-refractivity contribution in [3.63, 3.8) is 0 Å². The fraction of sp³-hybridized carbons (Fsp3) is 0.267. The Labute approximate surface area is 117 Å². The molecule has 1 amide bonds. The lowest BCUT2D eigenvalue weighted by atomic mass is 10.1. The predicted molar refractivity (Wildman–Crippen MR) is 76.2 cm³/mol. The van der Waals surface area contributed by atoms with Crippen LogP contribution < -0.4 is 5.32 Å². The van der Waals surface area contributed by atoms with Crippen LogP contribution in [0.1, 0.15) is 10.5 Å². The first-order chi connectivity index (χ1) is 9.72. The summed E-state index contributed by atoms with van der Waals surface area (Å²) in [5.41, 5.74) is 2.11. The van der Waals surface area contributed by atoms with Gasteiger partial charge in [-0.15, -0.1) is 0 Å². The molecule has 3 rings (SSSR count). The molecule has 3 heterocycles. The van der Waals surface area contributed by atoms with E-state index in [1.165, 1.54) is 0 Å². The number of likely N-dealkylation sites (N-methyl/N-ethyl adjacent to an activating group) is 1. The molecule has 1 aliphatic heterocycles. The molecule has 0 spiro atoms. The normalized spacial score (nSPS) is 15.7. The Balaban J connectivity index is 1.76. The molecule has 1 aliphatic rings. The lowest BCUT2D eigenvalue weighted by Gasteiger charge is -2.36. The smallest absolute Gasteiger partial charge is 0.270 e. The van der Waals surface area contributed by atoms with Crippen LogP contribution in [0.3, 0.4) is 0 Å². The standard InChI is InChI=1S/C15H16N4O/c1-19-9-12(10-19)17-15(20)14-6-2-5-13(18-14)11-4-3-7-16-8-11/h2-8,12H,9-10H2,1H3,(H,17,20). The third-order valence-electron chi connectivity index (χ3n) is 3.34. The SMILES string of the molecule is CN1CC(NC(=O)c2cccc(-c3cccnc3)n2)C1. The summed E-state index contributed by atoms with van der Waals surface area (Å²) in [4.78, 5) is 22.8. The van der Waals surface area contributed by atoms with E-state index in [2.05, 4.69) is 20.2 Å². The maximum absolute atomic E-state index is 12.1. The summed E-state index contributed by atoms with van der Waals surface area (Å²) in [6.07, 6.45) is 3.46. The van der Waals surface area contributed by atoms with Gasteiger partial charge in [0.15, 0.2) is 0 Å². The molecule has 0 bridgehead atoms. The number of hydrogen-bond acceptors (Lipinski definition) is 4. The molecule has 0 radical (unpaired) electrons. The van der Waals surface area contributed by atoms with Crippen LogP contribution >= 0.6 is 0 Å². The molecule has 5 heteroatoms. The molecule has 0 aliphatic carbocycles. The van der Waals surface area contributed by atoms with Gasteiger partial charge in [0, 0.05) is 31.0 Å². The summed E-state index contributed by atoms with van der Waals surface area (Å²) in [6, 6.07) is 9.47. The highest BCUT2D eigenvalue weighted by Crippen LogP contribution is 2.15. The number of carbonyl (C=O) groups excluding carboxylic acids is 1. The second kappa shape index (κ2) is 5.38. The Morgan fingerprint density at radius 2 is 2.15 bits per heavy atom. The number of pyridine rings is 2. The molecule has 0 unspecified atom stereocenters. The van der Waals surface area contributed by atoms with E-state index >= 15 is 0 Å². The molecule has 1 fully saturated rings. The van der Waals surface area contributed by atoms with Gasteiger partial charge in [-0.3, -0.25) is 9.78 Å². The van der Waals surface area contributed by atoms with Gasteiger partial charge in [0.25, 0.3) is 5.91 Å². The Bertz CT molecular complexity index is 608. The van der Waals surface area contributed by atoms with E-state index < -0.39 is 0 Å². The molecule has 5 nitrogen and oxygen atoms in total. The van der Waals surface area contributed by atoms with Crippen molar-refractivity contribution in [3.8, 4) is 11.3 Å². The fourth-order valence-corrected chi connectivity index (χ4v) is 2.29. The molecular formula is C15H16N4O. The van der Waals surface area contributed by atoms with Gasteiger partial charge in [-0.2, -0.15) is 0 Å². The van der Waals surface area contributed by atoms with Crippen molar-refractivity contribution in [2.45, 2.75) is 6.04 Å². The van der Waals surface area contributed by atoms with Crippen LogP contribution in [0.5, 0.6) is 0 Å². The monoisotopic (exact) mass is 268 g/mol. The summed E-state index contributed by atoms with van der Waals surface area (Å²) in [5.74, 6) is -0.117. The zero-order valence-corrected chi connectivity index (χ0v) is 11.3. The zero-order valence-electron chi connectivity index (χ0n) is 11.3. The van der Waals surface area contributed by atoms with E-state index in [0.29, 0.717) is 5.69 Å². The van der Waals surface area contributed by atoms with Crippen molar-refractivity contribution in [1.82, 2.24) is 20.2 Å². The molecule has 1 N–H and O–H groups in total. The quantitative estimate of drug-likeness (QED) is 0.908. The largest absolute Gasteiger partial charge is 0.345 e. The molecule has 0 aromatic carbocycles. The average Bonchev–Trinajstić information content (AvgIpc) is 2.47. The number of nitrogens with one attached hydrogen (secondary N) is 1. The van der Waals surface area contributed by atoms with E-state index in [9.17, 15) is 4.79 Å². The first-order valence-corrected chi connectivity index (χ1v) is 6.59. The number of aromatic nitrogens is 2. The topological polar surface area (TPSA) is 58.1 Å². The predicted octanol–water partition coefficient (Wildman–Crippen LogP) is 1.19. The van der Waals surface area contributed by atoms with Gasteiger partial charge in [0.1, 0.15) is 5.69 Å². The van der Waals surface area contributed by atoms with Gasteiger partial charge in [-0.05, 0) is 31.3 Å². The highest BCUT2D eigenvalue weighted by molar-refractivity contribution is 5.93.